The molecule has 2 heterocycles. The van der Waals surface area contributed by atoms with Crippen LogP contribution < -0.4 is 4.90 Å². The molecule has 1 aliphatic heterocycles. The summed E-state index contributed by atoms with van der Waals surface area (Å²) in [4.78, 5) is 24.2. The predicted octanol–water partition coefficient (Wildman–Crippen LogP) is 1.81. The fraction of sp³-hybridized carbons (Fsp3) is 0.615. The third-order valence-corrected chi connectivity index (χ3v) is 3.78. The molecule has 1 amide bonds. The number of carbonyl (C=O) groups excluding carboxylic acids is 1. The first-order chi connectivity index (χ1) is 8.99. The Bertz CT molecular complexity index is 492. The van der Waals surface area contributed by atoms with E-state index >= 15 is 0 Å². The summed E-state index contributed by atoms with van der Waals surface area (Å²) in [5.74, 6) is 1.71. The van der Waals surface area contributed by atoms with Crippen LogP contribution in [0.2, 0.25) is 5.15 Å². The molecule has 0 saturated carbocycles. The summed E-state index contributed by atoms with van der Waals surface area (Å²) in [5.41, 5.74) is 0.906. The van der Waals surface area contributed by atoms with Gasteiger partial charge in [-0.25, -0.2) is 9.97 Å². The van der Waals surface area contributed by atoms with E-state index in [-0.39, 0.29) is 5.91 Å². The Balaban J connectivity index is 2.21. The third kappa shape index (κ3) is 3.15. The number of hydrogen-bond acceptors (Lipinski definition) is 4. The number of aryl methyl sites for hydroxylation is 1. The zero-order chi connectivity index (χ0) is 14.0. The lowest BCUT2D eigenvalue weighted by Gasteiger charge is -2.24. The lowest BCUT2D eigenvalue weighted by atomic mass is 10.3. The second-order valence-corrected chi connectivity index (χ2v) is 5.21. The Morgan fingerprint density at radius 3 is 2.58 bits per heavy atom. The van der Waals surface area contributed by atoms with Crippen molar-refractivity contribution >= 4 is 23.3 Å². The minimum Gasteiger partial charge on any atom is -0.354 e. The van der Waals surface area contributed by atoms with Crippen LogP contribution in [0.3, 0.4) is 0 Å². The van der Waals surface area contributed by atoms with Crippen LogP contribution in [-0.4, -0.2) is 47.0 Å². The van der Waals surface area contributed by atoms with E-state index in [4.69, 9.17) is 11.6 Å². The van der Waals surface area contributed by atoms with E-state index in [1.807, 2.05) is 18.7 Å². The lowest BCUT2D eigenvalue weighted by molar-refractivity contribution is -0.128. The van der Waals surface area contributed by atoms with Gasteiger partial charge in [0.2, 0.25) is 5.91 Å². The Morgan fingerprint density at radius 1 is 1.16 bits per heavy atom. The predicted molar refractivity (Wildman–Crippen MR) is 75.6 cm³/mol. The van der Waals surface area contributed by atoms with Crippen LogP contribution in [0.5, 0.6) is 0 Å². The maximum Gasteiger partial charge on any atom is 0.219 e. The maximum atomic E-state index is 11.4. The second kappa shape index (κ2) is 5.74. The van der Waals surface area contributed by atoms with Gasteiger partial charge in [-0.1, -0.05) is 11.6 Å². The quantitative estimate of drug-likeness (QED) is 0.737. The van der Waals surface area contributed by atoms with E-state index in [0.29, 0.717) is 11.0 Å². The summed E-state index contributed by atoms with van der Waals surface area (Å²) in [5, 5.41) is 0.509. The minimum atomic E-state index is 0.135. The first-order valence-electron chi connectivity index (χ1n) is 6.50. The van der Waals surface area contributed by atoms with Gasteiger partial charge < -0.3 is 9.80 Å². The highest BCUT2D eigenvalue weighted by Crippen LogP contribution is 2.24. The summed E-state index contributed by atoms with van der Waals surface area (Å²) >= 11 is 6.12. The second-order valence-electron chi connectivity index (χ2n) is 4.86. The van der Waals surface area contributed by atoms with E-state index in [9.17, 15) is 4.79 Å². The molecular formula is C13H19ClN4O. The van der Waals surface area contributed by atoms with Crippen LogP contribution in [0.25, 0.3) is 0 Å². The van der Waals surface area contributed by atoms with Gasteiger partial charge in [-0.05, 0) is 20.3 Å². The minimum absolute atomic E-state index is 0.135. The standard InChI is InChI=1S/C13H19ClN4O/c1-9-12(14)15-10(2)16-13(9)18-6-4-5-17(7-8-18)11(3)19/h4-8H2,1-3H3. The van der Waals surface area contributed by atoms with Gasteiger partial charge >= 0.3 is 0 Å². The fourth-order valence-corrected chi connectivity index (χ4v) is 2.54. The van der Waals surface area contributed by atoms with Crippen molar-refractivity contribution in [2.75, 3.05) is 31.1 Å². The molecule has 1 aromatic rings. The Hall–Kier alpha value is -1.36. The van der Waals surface area contributed by atoms with Gasteiger partial charge in [0.25, 0.3) is 0 Å². The molecule has 0 atom stereocenters. The molecule has 0 N–H and O–H groups in total. The summed E-state index contributed by atoms with van der Waals surface area (Å²) in [6.45, 7) is 8.61. The number of anilines is 1. The molecule has 1 aromatic heterocycles. The summed E-state index contributed by atoms with van der Waals surface area (Å²) in [6.07, 6.45) is 0.944. The van der Waals surface area contributed by atoms with Crippen LogP contribution in [0, 0.1) is 13.8 Å². The van der Waals surface area contributed by atoms with Gasteiger partial charge in [-0.15, -0.1) is 0 Å². The van der Waals surface area contributed by atoms with Crippen LogP contribution in [-0.2, 0) is 4.79 Å². The smallest absolute Gasteiger partial charge is 0.219 e. The summed E-state index contributed by atoms with van der Waals surface area (Å²) < 4.78 is 0. The molecular weight excluding hydrogens is 264 g/mol. The zero-order valence-electron chi connectivity index (χ0n) is 11.6. The van der Waals surface area contributed by atoms with E-state index in [1.54, 1.807) is 6.92 Å². The Morgan fingerprint density at radius 2 is 1.89 bits per heavy atom. The van der Waals surface area contributed by atoms with Crippen molar-refractivity contribution in [1.29, 1.82) is 0 Å². The monoisotopic (exact) mass is 282 g/mol. The Kier molecular flexibility index (Phi) is 4.24. The van der Waals surface area contributed by atoms with Crippen molar-refractivity contribution in [1.82, 2.24) is 14.9 Å². The van der Waals surface area contributed by atoms with E-state index in [0.717, 1.165) is 44.0 Å². The van der Waals surface area contributed by atoms with Gasteiger partial charge in [0.05, 0.1) is 0 Å². The molecule has 0 aromatic carbocycles. The SMILES string of the molecule is CC(=O)N1CCCN(c2nc(C)nc(Cl)c2C)CC1. The van der Waals surface area contributed by atoms with Crippen molar-refractivity contribution < 1.29 is 4.79 Å². The maximum absolute atomic E-state index is 11.4. The number of carbonyl (C=O) groups is 1. The normalized spacial score (nSPS) is 16.4. The molecule has 5 nitrogen and oxygen atoms in total. The average Bonchev–Trinajstić information content (AvgIpc) is 2.59. The molecule has 0 bridgehead atoms. The van der Waals surface area contributed by atoms with Crippen LogP contribution in [0.4, 0.5) is 5.82 Å². The number of amides is 1. The number of halogens is 1. The van der Waals surface area contributed by atoms with Crippen molar-refractivity contribution in [2.45, 2.75) is 27.2 Å². The molecule has 104 valence electrons. The average molecular weight is 283 g/mol. The van der Waals surface area contributed by atoms with E-state index < -0.39 is 0 Å². The molecule has 2 rings (SSSR count). The van der Waals surface area contributed by atoms with Gasteiger partial charge in [0.1, 0.15) is 16.8 Å². The molecule has 0 spiro atoms. The molecule has 1 aliphatic rings. The van der Waals surface area contributed by atoms with Gasteiger partial charge in [0, 0.05) is 38.7 Å². The first kappa shape index (κ1) is 14.1. The van der Waals surface area contributed by atoms with Crippen LogP contribution >= 0.6 is 11.6 Å². The number of rotatable bonds is 1. The van der Waals surface area contributed by atoms with Crippen molar-refractivity contribution in [3.8, 4) is 0 Å². The largest absolute Gasteiger partial charge is 0.354 e. The van der Waals surface area contributed by atoms with Gasteiger partial charge in [0.15, 0.2) is 0 Å². The zero-order valence-corrected chi connectivity index (χ0v) is 12.4. The van der Waals surface area contributed by atoms with E-state index in [1.165, 1.54) is 0 Å². The lowest BCUT2D eigenvalue weighted by Crippen LogP contribution is -2.34. The molecule has 1 saturated heterocycles. The Labute approximate surface area is 118 Å². The van der Waals surface area contributed by atoms with Crippen molar-refractivity contribution in [3.05, 3.63) is 16.5 Å². The summed E-state index contributed by atoms with van der Waals surface area (Å²) in [7, 11) is 0. The molecule has 6 heteroatoms. The topological polar surface area (TPSA) is 49.3 Å². The highest BCUT2D eigenvalue weighted by atomic mass is 35.5. The number of nitrogens with zero attached hydrogens (tertiary/aromatic N) is 4. The summed E-state index contributed by atoms with van der Waals surface area (Å²) in [6, 6.07) is 0. The van der Waals surface area contributed by atoms with Gasteiger partial charge in [-0.2, -0.15) is 0 Å². The number of aromatic nitrogens is 2. The molecule has 19 heavy (non-hydrogen) atoms. The van der Waals surface area contributed by atoms with E-state index in [2.05, 4.69) is 14.9 Å². The van der Waals surface area contributed by atoms with Crippen LogP contribution in [0.1, 0.15) is 24.7 Å². The molecule has 0 radical (unpaired) electrons. The van der Waals surface area contributed by atoms with Crippen molar-refractivity contribution in [3.63, 3.8) is 0 Å². The third-order valence-electron chi connectivity index (χ3n) is 3.41. The molecule has 0 aliphatic carbocycles. The highest BCUT2D eigenvalue weighted by molar-refractivity contribution is 6.30. The first-order valence-corrected chi connectivity index (χ1v) is 6.88. The fourth-order valence-electron chi connectivity index (χ4n) is 2.33. The number of hydrogen-bond donors (Lipinski definition) is 0. The van der Waals surface area contributed by atoms with Crippen LogP contribution in [0.15, 0.2) is 0 Å². The molecule has 0 unspecified atom stereocenters. The van der Waals surface area contributed by atoms with Gasteiger partial charge in [-0.3, -0.25) is 4.79 Å². The van der Waals surface area contributed by atoms with Crippen molar-refractivity contribution in [2.24, 2.45) is 0 Å². The highest BCUT2D eigenvalue weighted by Gasteiger charge is 2.20. The molecule has 1 fully saturated rings.